The van der Waals surface area contributed by atoms with Gasteiger partial charge in [-0.3, -0.25) is 4.79 Å². The lowest BCUT2D eigenvalue weighted by atomic mass is 9.84. The monoisotopic (exact) mass is 270 g/mol. The number of carbonyl (C=O) groups excluding carboxylic acids is 1. The van der Waals surface area contributed by atoms with Crippen molar-refractivity contribution in [3.63, 3.8) is 0 Å². The van der Waals surface area contributed by atoms with Crippen molar-refractivity contribution < 1.29 is 9.53 Å². The highest BCUT2D eigenvalue weighted by molar-refractivity contribution is 5.85. The molecule has 19 heavy (non-hydrogen) atoms. The molecule has 0 aromatic rings. The highest BCUT2D eigenvalue weighted by Crippen LogP contribution is 2.37. The largest absolute Gasteiger partial charge is 0.378 e. The first-order valence-corrected chi connectivity index (χ1v) is 7.60. The summed E-state index contributed by atoms with van der Waals surface area (Å²) in [6.07, 6.45) is 4.17. The fourth-order valence-corrected chi connectivity index (χ4v) is 3.02. The molecule has 3 N–H and O–H groups in total. The fourth-order valence-electron chi connectivity index (χ4n) is 3.02. The summed E-state index contributed by atoms with van der Waals surface area (Å²) in [5.41, 5.74) is 5.15. The molecule has 4 heteroatoms. The van der Waals surface area contributed by atoms with Crippen LogP contribution >= 0.6 is 0 Å². The standard InChI is InChI=1S/C15H30N2O2/c1-5-17-15(14(16)18)9-6-7-13(15)8-10-19-12(4)11(2)3/h11-13,17H,5-10H2,1-4H3,(H2,16,18). The first-order valence-electron chi connectivity index (χ1n) is 7.60. The van der Waals surface area contributed by atoms with Gasteiger partial charge >= 0.3 is 0 Å². The molecule has 1 saturated carbocycles. The van der Waals surface area contributed by atoms with E-state index in [1.54, 1.807) is 0 Å². The molecule has 1 amide bonds. The van der Waals surface area contributed by atoms with Gasteiger partial charge in [0.05, 0.1) is 6.10 Å². The number of primary amides is 1. The Morgan fingerprint density at radius 1 is 1.47 bits per heavy atom. The molecule has 0 radical (unpaired) electrons. The fraction of sp³-hybridized carbons (Fsp3) is 0.933. The molecule has 4 nitrogen and oxygen atoms in total. The van der Waals surface area contributed by atoms with Gasteiger partial charge < -0.3 is 15.8 Å². The molecular weight excluding hydrogens is 240 g/mol. The number of nitrogens with one attached hydrogen (secondary N) is 1. The van der Waals surface area contributed by atoms with Crippen LogP contribution in [0.1, 0.15) is 53.4 Å². The van der Waals surface area contributed by atoms with E-state index in [4.69, 9.17) is 10.5 Å². The van der Waals surface area contributed by atoms with E-state index in [1.165, 1.54) is 0 Å². The van der Waals surface area contributed by atoms with Crippen LogP contribution in [0.4, 0.5) is 0 Å². The third kappa shape index (κ3) is 3.93. The molecule has 0 aliphatic heterocycles. The summed E-state index contributed by atoms with van der Waals surface area (Å²) in [4.78, 5) is 11.8. The highest BCUT2D eigenvalue weighted by Gasteiger charge is 2.46. The third-order valence-electron chi connectivity index (χ3n) is 4.54. The SMILES string of the molecule is CCNC1(C(N)=O)CCCC1CCOC(C)C(C)C. The molecule has 0 bridgehead atoms. The number of hydrogen-bond donors (Lipinski definition) is 2. The maximum Gasteiger partial charge on any atom is 0.238 e. The number of amides is 1. The van der Waals surface area contributed by atoms with E-state index in [2.05, 4.69) is 26.1 Å². The van der Waals surface area contributed by atoms with E-state index >= 15 is 0 Å². The van der Waals surface area contributed by atoms with Gasteiger partial charge in [-0.2, -0.15) is 0 Å². The van der Waals surface area contributed by atoms with Crippen molar-refractivity contribution in [2.45, 2.75) is 65.0 Å². The van der Waals surface area contributed by atoms with Crippen molar-refractivity contribution in [1.82, 2.24) is 5.32 Å². The summed E-state index contributed by atoms with van der Waals surface area (Å²) in [5, 5.41) is 3.34. The van der Waals surface area contributed by atoms with Gasteiger partial charge in [0.1, 0.15) is 5.54 Å². The summed E-state index contributed by atoms with van der Waals surface area (Å²) < 4.78 is 5.84. The molecule has 1 aliphatic carbocycles. The second-order valence-corrected chi connectivity index (χ2v) is 6.06. The zero-order chi connectivity index (χ0) is 14.5. The van der Waals surface area contributed by atoms with Crippen LogP contribution in [0.5, 0.6) is 0 Å². The average Bonchev–Trinajstić information content (AvgIpc) is 2.74. The Kier molecular flexibility index (Phi) is 6.27. The van der Waals surface area contributed by atoms with Crippen LogP contribution in [0.2, 0.25) is 0 Å². The molecule has 112 valence electrons. The number of ether oxygens (including phenoxy) is 1. The molecule has 1 fully saturated rings. The van der Waals surface area contributed by atoms with Gasteiger partial charge in [-0.25, -0.2) is 0 Å². The zero-order valence-corrected chi connectivity index (χ0v) is 12.9. The van der Waals surface area contributed by atoms with Crippen LogP contribution in [0.15, 0.2) is 0 Å². The Morgan fingerprint density at radius 3 is 2.68 bits per heavy atom. The average molecular weight is 270 g/mol. The van der Waals surface area contributed by atoms with Gasteiger partial charge in [0.25, 0.3) is 0 Å². The number of nitrogens with two attached hydrogens (primary N) is 1. The smallest absolute Gasteiger partial charge is 0.238 e. The van der Waals surface area contributed by atoms with Crippen molar-refractivity contribution in [3.05, 3.63) is 0 Å². The lowest BCUT2D eigenvalue weighted by Gasteiger charge is -2.33. The Bertz CT molecular complexity index is 294. The normalized spacial score (nSPS) is 28.8. The number of rotatable bonds is 8. The topological polar surface area (TPSA) is 64.3 Å². The lowest BCUT2D eigenvalue weighted by molar-refractivity contribution is -0.126. The van der Waals surface area contributed by atoms with E-state index < -0.39 is 5.54 Å². The molecule has 0 aromatic carbocycles. The minimum absolute atomic E-state index is 0.200. The van der Waals surface area contributed by atoms with Crippen LogP contribution in [-0.2, 0) is 9.53 Å². The summed E-state index contributed by atoms with van der Waals surface area (Å²) in [7, 11) is 0. The van der Waals surface area contributed by atoms with E-state index in [9.17, 15) is 4.79 Å². The van der Waals surface area contributed by atoms with Crippen LogP contribution in [-0.4, -0.2) is 30.7 Å². The maximum atomic E-state index is 11.8. The van der Waals surface area contributed by atoms with Crippen molar-refractivity contribution >= 4 is 5.91 Å². The summed E-state index contributed by atoms with van der Waals surface area (Å²) in [6, 6.07) is 0. The molecule has 0 aromatic heterocycles. The van der Waals surface area contributed by atoms with E-state index in [-0.39, 0.29) is 12.0 Å². The Morgan fingerprint density at radius 2 is 2.16 bits per heavy atom. The van der Waals surface area contributed by atoms with Gasteiger partial charge in [-0.05, 0) is 44.6 Å². The van der Waals surface area contributed by atoms with Crippen LogP contribution in [0.25, 0.3) is 0 Å². The molecular formula is C15H30N2O2. The second-order valence-electron chi connectivity index (χ2n) is 6.06. The molecule has 0 saturated heterocycles. The summed E-state index contributed by atoms with van der Waals surface area (Å²) in [5.74, 6) is 0.635. The van der Waals surface area contributed by atoms with Gasteiger partial charge in [-0.15, -0.1) is 0 Å². The maximum absolute atomic E-state index is 11.8. The van der Waals surface area contributed by atoms with Gasteiger partial charge in [-0.1, -0.05) is 27.2 Å². The molecule has 3 unspecified atom stereocenters. The highest BCUT2D eigenvalue weighted by atomic mass is 16.5. The lowest BCUT2D eigenvalue weighted by Crippen LogP contribution is -2.58. The molecule has 1 rings (SSSR count). The predicted octanol–water partition coefficient (Wildman–Crippen LogP) is 2.07. The third-order valence-corrected chi connectivity index (χ3v) is 4.54. The molecule has 1 aliphatic rings. The Labute approximate surface area is 117 Å². The van der Waals surface area contributed by atoms with Crippen LogP contribution in [0.3, 0.4) is 0 Å². The van der Waals surface area contributed by atoms with Crippen molar-refractivity contribution in [3.8, 4) is 0 Å². The first-order chi connectivity index (χ1) is 8.94. The minimum atomic E-state index is -0.501. The second kappa shape index (κ2) is 7.25. The number of likely N-dealkylation sites (N-methyl/N-ethyl adjacent to an activating group) is 1. The summed E-state index contributed by atoms with van der Waals surface area (Å²) in [6.45, 7) is 9.94. The van der Waals surface area contributed by atoms with Gasteiger partial charge in [0, 0.05) is 6.61 Å². The first kappa shape index (κ1) is 16.4. The van der Waals surface area contributed by atoms with E-state index in [1.807, 2.05) is 6.92 Å². The number of hydrogen-bond acceptors (Lipinski definition) is 3. The molecule has 0 spiro atoms. The van der Waals surface area contributed by atoms with Gasteiger partial charge in [0.2, 0.25) is 5.91 Å². The van der Waals surface area contributed by atoms with Crippen molar-refractivity contribution in [2.75, 3.05) is 13.2 Å². The van der Waals surface area contributed by atoms with E-state index in [0.29, 0.717) is 18.4 Å². The quantitative estimate of drug-likeness (QED) is 0.709. The predicted molar refractivity (Wildman–Crippen MR) is 77.8 cm³/mol. The Balaban J connectivity index is 2.53. The van der Waals surface area contributed by atoms with Gasteiger partial charge in [0.15, 0.2) is 0 Å². The molecule has 3 atom stereocenters. The van der Waals surface area contributed by atoms with Crippen molar-refractivity contribution in [2.24, 2.45) is 17.6 Å². The van der Waals surface area contributed by atoms with Crippen LogP contribution < -0.4 is 11.1 Å². The van der Waals surface area contributed by atoms with E-state index in [0.717, 1.165) is 32.2 Å². The van der Waals surface area contributed by atoms with Crippen molar-refractivity contribution in [1.29, 1.82) is 0 Å². The summed E-state index contributed by atoms with van der Waals surface area (Å²) >= 11 is 0. The zero-order valence-electron chi connectivity index (χ0n) is 12.9. The number of carbonyl (C=O) groups is 1. The Hall–Kier alpha value is -0.610. The molecule has 0 heterocycles. The minimum Gasteiger partial charge on any atom is -0.378 e. The van der Waals surface area contributed by atoms with Crippen LogP contribution in [0, 0.1) is 11.8 Å².